The lowest BCUT2D eigenvalue weighted by Crippen LogP contribution is -2.37. The fraction of sp³-hybridized carbons (Fsp3) is 0.600. The average Bonchev–Trinajstić information content (AvgIpc) is 2.89. The first-order valence-corrected chi connectivity index (χ1v) is 7.94. The maximum atomic E-state index is 6.13. The summed E-state index contributed by atoms with van der Waals surface area (Å²) in [5, 5.41) is 0.787. The van der Waals surface area contributed by atoms with Gasteiger partial charge in [-0.1, -0.05) is 31.5 Å². The molecule has 1 saturated heterocycles. The van der Waals surface area contributed by atoms with Crippen LogP contribution in [0.4, 0.5) is 5.69 Å². The molecule has 1 unspecified atom stereocenters. The Hall–Kier alpha value is -0.440. The van der Waals surface area contributed by atoms with Gasteiger partial charge in [0.2, 0.25) is 0 Å². The van der Waals surface area contributed by atoms with E-state index in [4.69, 9.17) is 23.2 Å². The molecule has 0 spiro atoms. The second-order valence-corrected chi connectivity index (χ2v) is 5.72. The second kappa shape index (κ2) is 6.83. The molecule has 1 fully saturated rings. The summed E-state index contributed by atoms with van der Waals surface area (Å²) in [5.74, 6) is 0.541. The van der Waals surface area contributed by atoms with Gasteiger partial charge in [0.15, 0.2) is 0 Å². The van der Waals surface area contributed by atoms with Gasteiger partial charge in [-0.25, -0.2) is 0 Å². The third-order valence-corrected chi connectivity index (χ3v) is 4.55. The number of alkyl halides is 1. The van der Waals surface area contributed by atoms with E-state index in [1.54, 1.807) is 0 Å². The highest BCUT2D eigenvalue weighted by atomic mass is 35.5. The van der Waals surface area contributed by atoms with Crippen molar-refractivity contribution in [3.05, 3.63) is 28.8 Å². The summed E-state index contributed by atoms with van der Waals surface area (Å²) >= 11 is 12.2. The molecule has 106 valence electrons. The Labute approximate surface area is 126 Å². The SMILES string of the molecule is CCN(CC)C1CCN(c2cc(Cl)ccc2CCl)C1. The van der Waals surface area contributed by atoms with Crippen molar-refractivity contribution in [2.45, 2.75) is 32.2 Å². The first kappa shape index (κ1) is 15.0. The van der Waals surface area contributed by atoms with Crippen LogP contribution in [0.1, 0.15) is 25.8 Å². The Morgan fingerprint density at radius 1 is 1.32 bits per heavy atom. The molecule has 0 saturated carbocycles. The van der Waals surface area contributed by atoms with Crippen molar-refractivity contribution in [1.82, 2.24) is 4.90 Å². The molecule has 19 heavy (non-hydrogen) atoms. The number of hydrogen-bond donors (Lipinski definition) is 0. The molecule has 1 aliphatic rings. The predicted octanol–water partition coefficient (Wildman–Crippen LogP) is 4.00. The summed E-state index contributed by atoms with van der Waals surface area (Å²) in [6.45, 7) is 8.86. The van der Waals surface area contributed by atoms with E-state index in [0.29, 0.717) is 11.9 Å². The zero-order chi connectivity index (χ0) is 13.8. The summed E-state index contributed by atoms with van der Waals surface area (Å²) in [7, 11) is 0. The zero-order valence-electron chi connectivity index (χ0n) is 11.7. The van der Waals surface area contributed by atoms with Gasteiger partial charge in [0, 0.05) is 35.7 Å². The number of nitrogens with zero attached hydrogens (tertiary/aromatic N) is 2. The van der Waals surface area contributed by atoms with Gasteiger partial charge in [0.1, 0.15) is 0 Å². The van der Waals surface area contributed by atoms with Gasteiger partial charge in [-0.15, -0.1) is 11.6 Å². The van der Waals surface area contributed by atoms with Gasteiger partial charge in [0.05, 0.1) is 0 Å². The predicted molar refractivity (Wildman–Crippen MR) is 84.5 cm³/mol. The minimum atomic E-state index is 0.541. The Morgan fingerprint density at radius 3 is 2.68 bits per heavy atom. The first-order chi connectivity index (χ1) is 9.19. The third-order valence-electron chi connectivity index (χ3n) is 4.02. The summed E-state index contributed by atoms with van der Waals surface area (Å²) < 4.78 is 0. The molecule has 2 nitrogen and oxygen atoms in total. The number of rotatable bonds is 5. The van der Waals surface area contributed by atoms with E-state index in [0.717, 1.165) is 31.2 Å². The Morgan fingerprint density at radius 2 is 2.05 bits per heavy atom. The molecule has 0 bridgehead atoms. The molecule has 0 amide bonds. The molecule has 4 heteroatoms. The van der Waals surface area contributed by atoms with Crippen molar-refractivity contribution in [2.75, 3.05) is 31.1 Å². The summed E-state index contributed by atoms with van der Waals surface area (Å²) in [6, 6.07) is 6.65. The van der Waals surface area contributed by atoms with Gasteiger partial charge in [-0.3, -0.25) is 4.90 Å². The van der Waals surface area contributed by atoms with Gasteiger partial charge in [0.25, 0.3) is 0 Å². The monoisotopic (exact) mass is 300 g/mol. The zero-order valence-corrected chi connectivity index (χ0v) is 13.2. The van der Waals surface area contributed by atoms with E-state index < -0.39 is 0 Å². The Bertz CT molecular complexity index is 419. The number of benzene rings is 1. The van der Waals surface area contributed by atoms with E-state index >= 15 is 0 Å². The number of likely N-dealkylation sites (N-methyl/N-ethyl adjacent to an activating group) is 1. The van der Waals surface area contributed by atoms with E-state index in [9.17, 15) is 0 Å². The van der Waals surface area contributed by atoms with Crippen molar-refractivity contribution in [1.29, 1.82) is 0 Å². The van der Waals surface area contributed by atoms with Crippen LogP contribution in [-0.2, 0) is 5.88 Å². The largest absolute Gasteiger partial charge is 0.370 e. The highest BCUT2D eigenvalue weighted by molar-refractivity contribution is 6.31. The lowest BCUT2D eigenvalue weighted by atomic mass is 10.2. The van der Waals surface area contributed by atoms with Crippen LogP contribution in [0.15, 0.2) is 18.2 Å². The Balaban J connectivity index is 2.14. The molecule has 0 N–H and O–H groups in total. The lowest BCUT2D eigenvalue weighted by molar-refractivity contribution is 0.232. The molecule has 1 aliphatic heterocycles. The van der Waals surface area contributed by atoms with Crippen LogP contribution in [-0.4, -0.2) is 37.1 Å². The first-order valence-electron chi connectivity index (χ1n) is 7.03. The van der Waals surface area contributed by atoms with Crippen LogP contribution >= 0.6 is 23.2 Å². The molecule has 2 rings (SSSR count). The third kappa shape index (κ3) is 3.36. The molecular formula is C15H22Cl2N2. The van der Waals surface area contributed by atoms with Crippen LogP contribution < -0.4 is 4.90 Å². The van der Waals surface area contributed by atoms with Crippen molar-refractivity contribution >= 4 is 28.9 Å². The van der Waals surface area contributed by atoms with Gasteiger partial charge in [-0.2, -0.15) is 0 Å². The summed E-state index contributed by atoms with van der Waals surface area (Å²) in [6.07, 6.45) is 1.22. The number of anilines is 1. The standard InChI is InChI=1S/C15H22Cl2N2/c1-3-18(4-2)14-7-8-19(11-14)15-9-13(17)6-5-12(15)10-16/h5-6,9,14H,3-4,7-8,10-11H2,1-2H3. The van der Waals surface area contributed by atoms with Gasteiger partial charge < -0.3 is 4.90 Å². The minimum Gasteiger partial charge on any atom is -0.370 e. The molecule has 1 atom stereocenters. The summed E-state index contributed by atoms with van der Waals surface area (Å²) in [5.41, 5.74) is 2.38. The smallest absolute Gasteiger partial charge is 0.0494 e. The van der Waals surface area contributed by atoms with Crippen molar-refractivity contribution < 1.29 is 0 Å². The van der Waals surface area contributed by atoms with Crippen molar-refractivity contribution in [3.63, 3.8) is 0 Å². The highest BCUT2D eigenvalue weighted by Crippen LogP contribution is 2.30. The van der Waals surface area contributed by atoms with Gasteiger partial charge in [-0.05, 0) is 37.2 Å². The molecule has 1 heterocycles. The molecule has 0 aliphatic carbocycles. The maximum absolute atomic E-state index is 6.13. The lowest BCUT2D eigenvalue weighted by Gasteiger charge is -2.27. The Kier molecular flexibility index (Phi) is 5.37. The second-order valence-electron chi connectivity index (χ2n) is 5.02. The van der Waals surface area contributed by atoms with Crippen LogP contribution in [0.3, 0.4) is 0 Å². The summed E-state index contributed by atoms with van der Waals surface area (Å²) in [4.78, 5) is 4.96. The van der Waals surface area contributed by atoms with E-state index in [-0.39, 0.29) is 0 Å². The van der Waals surface area contributed by atoms with Crippen LogP contribution in [0.5, 0.6) is 0 Å². The number of halogens is 2. The normalized spacial score (nSPS) is 19.4. The van der Waals surface area contributed by atoms with Crippen molar-refractivity contribution in [2.24, 2.45) is 0 Å². The van der Waals surface area contributed by atoms with Crippen LogP contribution in [0.2, 0.25) is 5.02 Å². The molecular weight excluding hydrogens is 279 g/mol. The fourth-order valence-corrected chi connectivity index (χ4v) is 3.34. The quantitative estimate of drug-likeness (QED) is 0.759. The highest BCUT2D eigenvalue weighted by Gasteiger charge is 2.27. The number of hydrogen-bond acceptors (Lipinski definition) is 2. The van der Waals surface area contributed by atoms with E-state index in [1.165, 1.54) is 17.7 Å². The molecule has 0 aromatic heterocycles. The van der Waals surface area contributed by atoms with E-state index in [1.807, 2.05) is 18.2 Å². The van der Waals surface area contributed by atoms with Crippen LogP contribution in [0, 0.1) is 0 Å². The fourth-order valence-electron chi connectivity index (χ4n) is 2.94. The molecule has 0 radical (unpaired) electrons. The molecule has 1 aromatic rings. The van der Waals surface area contributed by atoms with Crippen LogP contribution in [0.25, 0.3) is 0 Å². The average molecular weight is 301 g/mol. The maximum Gasteiger partial charge on any atom is 0.0494 e. The van der Waals surface area contributed by atoms with Crippen molar-refractivity contribution in [3.8, 4) is 0 Å². The molecule has 1 aromatic carbocycles. The minimum absolute atomic E-state index is 0.541. The van der Waals surface area contributed by atoms with Gasteiger partial charge >= 0.3 is 0 Å². The van der Waals surface area contributed by atoms with E-state index in [2.05, 4.69) is 23.6 Å². The topological polar surface area (TPSA) is 6.48 Å².